The van der Waals surface area contributed by atoms with Crippen LogP contribution in [0.1, 0.15) is 86.5 Å². The molecule has 0 bridgehead atoms. The SMILES string of the molecule is COc1ccc2c(OC3CC4C(=O)NC5(C(=O)NSC6(C)CC6)CC5C=CCCCCCC(NC(=O)c5cc(C)n(C)n5)C(=O)N4C3)cc(=O)[nH]c2c1C. The number of allylic oxidation sites excluding steroid dienone is 1. The number of benzene rings is 1. The van der Waals surface area contributed by atoms with Gasteiger partial charge in [-0.05, 0) is 89.4 Å². The highest BCUT2D eigenvalue weighted by Gasteiger charge is 2.61. The molecule has 2 aliphatic carbocycles. The molecule has 1 saturated heterocycles. The molecule has 54 heavy (non-hydrogen) atoms. The number of fused-ring (bicyclic) bond motifs is 3. The van der Waals surface area contributed by atoms with Crippen molar-refractivity contribution in [3.63, 3.8) is 0 Å². The molecule has 14 nitrogen and oxygen atoms in total. The molecule has 2 saturated carbocycles. The third kappa shape index (κ3) is 7.59. The van der Waals surface area contributed by atoms with Gasteiger partial charge in [-0.25, -0.2) is 0 Å². The second kappa shape index (κ2) is 14.8. The molecule has 3 aromatic rings. The molecule has 0 spiro atoms. The van der Waals surface area contributed by atoms with Gasteiger partial charge in [-0.2, -0.15) is 5.10 Å². The minimum atomic E-state index is -1.15. The number of hydrogen-bond donors (Lipinski definition) is 4. The Morgan fingerprint density at radius 3 is 2.59 bits per heavy atom. The molecule has 0 radical (unpaired) electrons. The molecule has 4 N–H and O–H groups in total. The van der Waals surface area contributed by atoms with E-state index >= 15 is 0 Å². The lowest BCUT2D eigenvalue weighted by atomic mass is 10.0. The monoisotopic (exact) mass is 759 g/mol. The van der Waals surface area contributed by atoms with Crippen LogP contribution < -0.4 is 30.4 Å². The first-order chi connectivity index (χ1) is 25.8. The summed E-state index contributed by atoms with van der Waals surface area (Å²) in [6.07, 6.45) is 9.51. The first-order valence-electron chi connectivity index (χ1n) is 18.8. The standard InChI is InChI=1S/C39H49N7O7S/c1-22-17-28(43-45(22)4)34(48)40-27-12-10-8-6-7-9-11-24-20-39(24,37(51)44-54-38(3)15-16-38)42-35(49)29-18-25(21-46(29)36(27)50)53-31-19-32(47)41-33-23(2)30(52-5)14-13-26(31)33/h9,11,13-14,17,19,24-25,27,29H,6-8,10,12,15-16,18,20-21H2,1-5H3,(H,40,48)(H,41,47)(H,42,49)(H,44,51). The van der Waals surface area contributed by atoms with E-state index in [4.69, 9.17) is 9.47 Å². The Labute approximate surface area is 318 Å². The van der Waals surface area contributed by atoms with Crippen molar-refractivity contribution in [3.05, 3.63) is 63.7 Å². The molecule has 288 valence electrons. The lowest BCUT2D eigenvalue weighted by molar-refractivity contribution is -0.141. The van der Waals surface area contributed by atoms with Gasteiger partial charge in [0.2, 0.25) is 11.8 Å². The van der Waals surface area contributed by atoms with Crippen molar-refractivity contribution >= 4 is 46.5 Å². The van der Waals surface area contributed by atoms with Crippen molar-refractivity contribution in [1.82, 2.24) is 35.0 Å². The summed E-state index contributed by atoms with van der Waals surface area (Å²) in [6.45, 7) is 5.80. The normalized spacial score (nSPS) is 26.5. The van der Waals surface area contributed by atoms with E-state index in [0.717, 1.165) is 43.4 Å². The van der Waals surface area contributed by atoms with Crippen LogP contribution >= 0.6 is 11.9 Å². The van der Waals surface area contributed by atoms with E-state index in [2.05, 4.69) is 38.4 Å². The van der Waals surface area contributed by atoms with Crippen LogP contribution in [0, 0.1) is 19.8 Å². The van der Waals surface area contributed by atoms with Crippen LogP contribution in [0.15, 0.2) is 41.2 Å². The maximum atomic E-state index is 14.6. The first kappa shape index (κ1) is 37.5. The molecule has 4 amide bonds. The number of carbonyl (C=O) groups excluding carboxylic acids is 4. The van der Waals surface area contributed by atoms with Gasteiger partial charge in [-0.3, -0.25) is 33.4 Å². The molecule has 2 aliphatic heterocycles. The second-order valence-electron chi connectivity index (χ2n) is 15.4. The van der Waals surface area contributed by atoms with E-state index in [9.17, 15) is 24.0 Å². The Morgan fingerprint density at radius 1 is 1.07 bits per heavy atom. The van der Waals surface area contributed by atoms with E-state index in [1.165, 1.54) is 22.9 Å². The molecule has 2 aromatic heterocycles. The summed E-state index contributed by atoms with van der Waals surface area (Å²) in [7, 11) is 3.30. The number of aromatic nitrogens is 3. The van der Waals surface area contributed by atoms with Crippen LogP contribution in [0.5, 0.6) is 11.5 Å². The van der Waals surface area contributed by atoms with Crippen molar-refractivity contribution in [2.75, 3.05) is 13.7 Å². The first-order valence-corrected chi connectivity index (χ1v) is 19.6. The predicted octanol–water partition coefficient (Wildman–Crippen LogP) is 3.75. The number of ether oxygens (including phenoxy) is 2. The third-order valence-electron chi connectivity index (χ3n) is 11.3. The average molecular weight is 760 g/mol. The molecule has 3 fully saturated rings. The second-order valence-corrected chi connectivity index (χ2v) is 16.8. The lowest BCUT2D eigenvalue weighted by Gasteiger charge is -2.30. The molecule has 15 heteroatoms. The number of carbonyl (C=O) groups is 4. The van der Waals surface area contributed by atoms with Crippen molar-refractivity contribution in [2.45, 2.75) is 107 Å². The van der Waals surface area contributed by atoms with Gasteiger partial charge in [-0.15, -0.1) is 0 Å². The zero-order valence-corrected chi connectivity index (χ0v) is 32.3. The van der Waals surface area contributed by atoms with Gasteiger partial charge in [0.1, 0.15) is 40.9 Å². The van der Waals surface area contributed by atoms with Gasteiger partial charge in [-0.1, -0.05) is 25.0 Å². The quantitative estimate of drug-likeness (QED) is 0.197. The summed E-state index contributed by atoms with van der Waals surface area (Å²) in [6, 6.07) is 4.67. The average Bonchev–Trinajstić information content (AvgIpc) is 3.95. The fourth-order valence-electron chi connectivity index (χ4n) is 7.52. The zero-order valence-electron chi connectivity index (χ0n) is 31.5. The number of aromatic amines is 1. The highest BCUT2D eigenvalue weighted by Crippen LogP contribution is 2.49. The molecule has 1 aromatic carbocycles. The van der Waals surface area contributed by atoms with Crippen LogP contribution in [0.25, 0.3) is 10.9 Å². The number of hydrogen-bond acceptors (Lipinski definition) is 9. The van der Waals surface area contributed by atoms with E-state index in [-0.39, 0.29) is 40.8 Å². The van der Waals surface area contributed by atoms with Gasteiger partial charge in [0.15, 0.2) is 0 Å². The zero-order chi connectivity index (χ0) is 38.4. The smallest absolute Gasteiger partial charge is 0.272 e. The molecule has 7 rings (SSSR count). The fraction of sp³-hybridized carbons (Fsp3) is 0.538. The molecule has 5 atom stereocenters. The number of aryl methyl sites for hydroxylation is 3. The molecule has 4 aliphatic rings. The minimum absolute atomic E-state index is 0.00399. The van der Waals surface area contributed by atoms with Crippen LogP contribution in [-0.2, 0) is 21.4 Å². The van der Waals surface area contributed by atoms with E-state index in [1.807, 2.05) is 19.9 Å². The van der Waals surface area contributed by atoms with Crippen LogP contribution in [0.2, 0.25) is 0 Å². The Balaban J connectivity index is 1.20. The lowest BCUT2D eigenvalue weighted by Crippen LogP contribution is -2.57. The van der Waals surface area contributed by atoms with Crippen molar-refractivity contribution in [3.8, 4) is 11.5 Å². The van der Waals surface area contributed by atoms with E-state index in [1.54, 1.807) is 37.0 Å². The summed E-state index contributed by atoms with van der Waals surface area (Å²) in [5.74, 6) is -0.903. The minimum Gasteiger partial charge on any atom is -0.496 e. The van der Waals surface area contributed by atoms with Gasteiger partial charge in [0, 0.05) is 46.8 Å². The van der Waals surface area contributed by atoms with Crippen molar-refractivity contribution in [2.24, 2.45) is 13.0 Å². The molecular formula is C39H49N7O7S. The highest BCUT2D eigenvalue weighted by molar-refractivity contribution is 7.99. The van der Waals surface area contributed by atoms with Gasteiger partial charge < -0.3 is 30.0 Å². The number of rotatable bonds is 8. The summed E-state index contributed by atoms with van der Waals surface area (Å²) in [4.78, 5) is 73.6. The van der Waals surface area contributed by atoms with Crippen LogP contribution in [0.4, 0.5) is 0 Å². The van der Waals surface area contributed by atoms with Gasteiger partial charge >= 0.3 is 0 Å². The van der Waals surface area contributed by atoms with Gasteiger partial charge in [0.05, 0.1) is 19.2 Å². The molecular weight excluding hydrogens is 711 g/mol. The Morgan fingerprint density at radius 2 is 1.87 bits per heavy atom. The number of methoxy groups -OCH3 is 1. The van der Waals surface area contributed by atoms with Crippen molar-refractivity contribution < 1.29 is 28.7 Å². The maximum absolute atomic E-state index is 14.6. The topological polar surface area (TPSA) is 177 Å². The Kier molecular flexibility index (Phi) is 10.3. The van der Waals surface area contributed by atoms with Crippen LogP contribution in [-0.4, -0.2) is 85.4 Å². The molecule has 5 unspecified atom stereocenters. The molecule has 4 heterocycles. The number of pyridine rings is 1. The number of H-pyrrole nitrogens is 1. The largest absolute Gasteiger partial charge is 0.496 e. The number of nitrogens with zero attached hydrogens (tertiary/aromatic N) is 3. The summed E-state index contributed by atoms with van der Waals surface area (Å²) < 4.78 is 16.6. The van der Waals surface area contributed by atoms with Gasteiger partial charge in [0.25, 0.3) is 17.4 Å². The highest BCUT2D eigenvalue weighted by atomic mass is 32.2. The number of amides is 4. The number of nitrogens with one attached hydrogen (secondary N) is 4. The van der Waals surface area contributed by atoms with E-state index < -0.39 is 41.4 Å². The van der Waals surface area contributed by atoms with E-state index in [0.29, 0.717) is 41.7 Å². The van der Waals surface area contributed by atoms with Crippen LogP contribution in [0.3, 0.4) is 0 Å². The third-order valence-corrected chi connectivity index (χ3v) is 12.5. The maximum Gasteiger partial charge on any atom is 0.272 e. The summed E-state index contributed by atoms with van der Waals surface area (Å²) in [5.41, 5.74) is 0.757. The van der Waals surface area contributed by atoms with Crippen molar-refractivity contribution in [1.29, 1.82) is 0 Å². The predicted molar refractivity (Wildman–Crippen MR) is 204 cm³/mol. The Hall–Kier alpha value is -4.79. The summed E-state index contributed by atoms with van der Waals surface area (Å²) >= 11 is 1.40. The fourth-order valence-corrected chi connectivity index (χ4v) is 8.35. The summed E-state index contributed by atoms with van der Waals surface area (Å²) in [5, 5.41) is 11.0. The Bertz CT molecular complexity index is 2050.